The molecule has 0 radical (unpaired) electrons. The molecule has 1 saturated heterocycles. The molecule has 0 amide bonds. The molecule has 1 fully saturated rings. The van der Waals surface area contributed by atoms with Crippen LogP contribution in [0.15, 0.2) is 18.2 Å². The van der Waals surface area contributed by atoms with Gasteiger partial charge in [-0.05, 0) is 30.9 Å². The molecule has 2 rings (SSSR count). The third kappa shape index (κ3) is 2.89. The van der Waals surface area contributed by atoms with Gasteiger partial charge in [0.25, 0.3) is 0 Å². The predicted molar refractivity (Wildman–Crippen MR) is 67.6 cm³/mol. The molecule has 0 aliphatic carbocycles. The van der Waals surface area contributed by atoms with Crippen LogP contribution in [0.1, 0.15) is 18.4 Å². The molecule has 1 aliphatic heterocycles. The Balaban J connectivity index is 1.96. The molecule has 0 spiro atoms. The van der Waals surface area contributed by atoms with Gasteiger partial charge in [0.15, 0.2) is 0 Å². The fourth-order valence-electron chi connectivity index (χ4n) is 2.04. The Kier molecular flexibility index (Phi) is 3.84. The summed E-state index contributed by atoms with van der Waals surface area (Å²) in [5, 5.41) is 12.2. The lowest BCUT2D eigenvalue weighted by atomic mass is 10.0. The molecule has 1 aromatic carbocycles. The Labute approximate surface area is 101 Å². The largest absolute Gasteiger partial charge is 0.396 e. The number of hydrogen-bond donors (Lipinski definition) is 2. The second-order valence-corrected chi connectivity index (χ2v) is 4.34. The quantitative estimate of drug-likeness (QED) is 0.780. The number of nitrogens with one attached hydrogen (secondary N) is 1. The predicted octanol–water partition coefficient (Wildman–Crippen LogP) is 1.98. The van der Waals surface area contributed by atoms with Crippen LogP contribution < -0.4 is 11.1 Å². The molecule has 4 nitrogen and oxygen atoms in total. The number of ether oxygens (including phenoxy) is 1. The van der Waals surface area contributed by atoms with Crippen molar-refractivity contribution in [2.45, 2.75) is 12.8 Å². The van der Waals surface area contributed by atoms with Gasteiger partial charge in [-0.15, -0.1) is 0 Å². The van der Waals surface area contributed by atoms with Gasteiger partial charge in [-0.2, -0.15) is 5.26 Å². The van der Waals surface area contributed by atoms with Crippen molar-refractivity contribution >= 4 is 11.4 Å². The summed E-state index contributed by atoms with van der Waals surface area (Å²) in [7, 11) is 0. The van der Waals surface area contributed by atoms with Gasteiger partial charge in [0.2, 0.25) is 0 Å². The number of para-hydroxylation sites is 1. The number of nitrogens with two attached hydrogens (primary N) is 1. The minimum atomic E-state index is 0.523. The molecule has 1 aliphatic rings. The lowest BCUT2D eigenvalue weighted by molar-refractivity contribution is 0.0595. The zero-order valence-corrected chi connectivity index (χ0v) is 9.78. The van der Waals surface area contributed by atoms with Crippen LogP contribution in [0.4, 0.5) is 11.4 Å². The van der Waals surface area contributed by atoms with Crippen molar-refractivity contribution in [3.05, 3.63) is 23.8 Å². The Bertz CT molecular complexity index is 419. The van der Waals surface area contributed by atoms with Crippen molar-refractivity contribution in [1.29, 1.82) is 5.26 Å². The molecule has 90 valence electrons. The summed E-state index contributed by atoms with van der Waals surface area (Å²) in [4.78, 5) is 0. The van der Waals surface area contributed by atoms with Gasteiger partial charge >= 0.3 is 0 Å². The number of nitriles is 1. The topological polar surface area (TPSA) is 71.1 Å². The summed E-state index contributed by atoms with van der Waals surface area (Å²) in [6.45, 7) is 2.53. The molecule has 4 heteroatoms. The fourth-order valence-corrected chi connectivity index (χ4v) is 2.04. The van der Waals surface area contributed by atoms with Crippen LogP contribution >= 0.6 is 0 Å². The first-order chi connectivity index (χ1) is 8.31. The second-order valence-electron chi connectivity index (χ2n) is 4.34. The first-order valence-electron chi connectivity index (χ1n) is 5.91. The first-order valence-corrected chi connectivity index (χ1v) is 5.91. The van der Waals surface area contributed by atoms with E-state index in [-0.39, 0.29) is 0 Å². The van der Waals surface area contributed by atoms with E-state index in [1.54, 1.807) is 6.07 Å². The Morgan fingerprint density at radius 3 is 3.12 bits per heavy atom. The molecule has 0 saturated carbocycles. The molecule has 1 atom stereocenters. The van der Waals surface area contributed by atoms with Gasteiger partial charge in [0.05, 0.1) is 23.5 Å². The van der Waals surface area contributed by atoms with E-state index in [4.69, 9.17) is 15.7 Å². The lowest BCUT2D eigenvalue weighted by Crippen LogP contribution is -2.24. The summed E-state index contributed by atoms with van der Waals surface area (Å²) in [6.07, 6.45) is 2.31. The zero-order valence-electron chi connectivity index (χ0n) is 9.78. The number of nitrogens with zero attached hydrogens (tertiary/aromatic N) is 1. The van der Waals surface area contributed by atoms with Crippen LogP contribution in [0.5, 0.6) is 0 Å². The van der Waals surface area contributed by atoms with E-state index < -0.39 is 0 Å². The maximum Gasteiger partial charge on any atom is 0.101 e. The highest BCUT2D eigenvalue weighted by atomic mass is 16.5. The number of nitrogen functional groups attached to an aromatic ring is 1. The number of hydrogen-bond acceptors (Lipinski definition) is 4. The fraction of sp³-hybridized carbons (Fsp3) is 0.462. The average Bonchev–Trinajstić information content (AvgIpc) is 2.39. The van der Waals surface area contributed by atoms with E-state index in [0.717, 1.165) is 31.9 Å². The molecule has 1 unspecified atom stereocenters. The molecule has 1 aromatic rings. The van der Waals surface area contributed by atoms with E-state index in [1.165, 1.54) is 6.42 Å². The highest BCUT2D eigenvalue weighted by molar-refractivity contribution is 5.72. The van der Waals surface area contributed by atoms with Crippen LogP contribution in [0, 0.1) is 17.2 Å². The van der Waals surface area contributed by atoms with Crippen molar-refractivity contribution in [3.63, 3.8) is 0 Å². The maximum atomic E-state index is 8.88. The van der Waals surface area contributed by atoms with Gasteiger partial charge in [-0.25, -0.2) is 0 Å². The normalized spacial score (nSPS) is 19.6. The highest BCUT2D eigenvalue weighted by Gasteiger charge is 2.14. The third-order valence-corrected chi connectivity index (χ3v) is 3.06. The summed E-state index contributed by atoms with van der Waals surface area (Å²) in [5.41, 5.74) is 7.79. The maximum absolute atomic E-state index is 8.88. The summed E-state index contributed by atoms with van der Waals surface area (Å²) in [5.74, 6) is 0.536. The average molecular weight is 231 g/mol. The van der Waals surface area contributed by atoms with Crippen molar-refractivity contribution in [2.24, 2.45) is 5.92 Å². The highest BCUT2D eigenvalue weighted by Crippen LogP contribution is 2.23. The molecule has 0 bridgehead atoms. The van der Waals surface area contributed by atoms with Gasteiger partial charge in [0.1, 0.15) is 6.07 Å². The summed E-state index contributed by atoms with van der Waals surface area (Å²) in [6, 6.07) is 7.55. The van der Waals surface area contributed by atoms with Gasteiger partial charge in [-0.1, -0.05) is 6.07 Å². The van der Waals surface area contributed by atoms with Crippen LogP contribution in [0.25, 0.3) is 0 Å². The van der Waals surface area contributed by atoms with E-state index in [9.17, 15) is 0 Å². The molecular weight excluding hydrogens is 214 g/mol. The number of benzene rings is 1. The number of rotatable bonds is 3. The second kappa shape index (κ2) is 5.55. The van der Waals surface area contributed by atoms with Crippen molar-refractivity contribution in [2.75, 3.05) is 30.8 Å². The minimum Gasteiger partial charge on any atom is -0.396 e. The molecule has 0 aromatic heterocycles. The first kappa shape index (κ1) is 11.7. The SMILES string of the molecule is N#Cc1cccc(NCC2CCCOC2)c1N. The van der Waals surface area contributed by atoms with E-state index in [1.807, 2.05) is 12.1 Å². The van der Waals surface area contributed by atoms with E-state index in [0.29, 0.717) is 17.2 Å². The van der Waals surface area contributed by atoms with Gasteiger partial charge in [-0.3, -0.25) is 0 Å². The van der Waals surface area contributed by atoms with Crippen molar-refractivity contribution in [3.8, 4) is 6.07 Å². The molecule has 1 heterocycles. The van der Waals surface area contributed by atoms with E-state index >= 15 is 0 Å². The van der Waals surface area contributed by atoms with E-state index in [2.05, 4.69) is 11.4 Å². The molecule has 3 N–H and O–H groups in total. The van der Waals surface area contributed by atoms with Crippen molar-refractivity contribution in [1.82, 2.24) is 0 Å². The van der Waals surface area contributed by atoms with Crippen LogP contribution in [-0.4, -0.2) is 19.8 Å². The zero-order chi connectivity index (χ0) is 12.1. The third-order valence-electron chi connectivity index (χ3n) is 3.06. The Hall–Kier alpha value is -1.73. The Morgan fingerprint density at radius 2 is 2.41 bits per heavy atom. The molecule has 17 heavy (non-hydrogen) atoms. The van der Waals surface area contributed by atoms with Gasteiger partial charge in [0, 0.05) is 13.2 Å². The van der Waals surface area contributed by atoms with Crippen molar-refractivity contribution < 1.29 is 4.74 Å². The van der Waals surface area contributed by atoms with Crippen LogP contribution in [0.2, 0.25) is 0 Å². The summed E-state index contributed by atoms with van der Waals surface area (Å²) < 4.78 is 5.42. The number of anilines is 2. The van der Waals surface area contributed by atoms with Gasteiger partial charge < -0.3 is 15.8 Å². The van der Waals surface area contributed by atoms with Crippen LogP contribution in [-0.2, 0) is 4.74 Å². The monoisotopic (exact) mass is 231 g/mol. The standard InChI is InChI=1S/C13H17N3O/c14-7-11-4-1-5-12(13(11)15)16-8-10-3-2-6-17-9-10/h1,4-5,10,16H,2-3,6,8-9,15H2. The lowest BCUT2D eigenvalue weighted by Gasteiger charge is -2.23. The summed E-state index contributed by atoms with van der Waals surface area (Å²) >= 11 is 0. The molecular formula is C13H17N3O. The minimum absolute atomic E-state index is 0.523. The smallest absolute Gasteiger partial charge is 0.101 e. The van der Waals surface area contributed by atoms with Crippen LogP contribution in [0.3, 0.4) is 0 Å². The Morgan fingerprint density at radius 1 is 1.53 bits per heavy atom.